The number of carbonyl (C=O) groups is 2. The van der Waals surface area contributed by atoms with Gasteiger partial charge in [0.1, 0.15) is 6.04 Å². The summed E-state index contributed by atoms with van der Waals surface area (Å²) in [4.78, 5) is 23.4. The maximum Gasteiger partial charge on any atom is 0.311 e. The number of carboxylic acid groups (broad SMARTS) is 1. The Hall–Kier alpha value is -1.14. The highest BCUT2D eigenvalue weighted by Gasteiger charge is 2.40. The smallest absolute Gasteiger partial charge is 0.311 e. The van der Waals surface area contributed by atoms with Crippen molar-refractivity contribution in [2.75, 3.05) is 26.3 Å². The van der Waals surface area contributed by atoms with Crippen LogP contribution in [0.2, 0.25) is 0 Å². The average Bonchev–Trinajstić information content (AvgIpc) is 2.46. The quantitative estimate of drug-likeness (QED) is 0.675. The molecule has 1 saturated heterocycles. The molecule has 1 saturated carbocycles. The van der Waals surface area contributed by atoms with Crippen LogP contribution in [-0.4, -0.2) is 49.3 Å². The Morgan fingerprint density at radius 3 is 2.63 bits per heavy atom. The lowest BCUT2D eigenvalue weighted by atomic mass is 9.74. The SMILES string of the molecule is O=C(NCC1(C(=O)O)CCCCC1)C1COCCN1. The summed E-state index contributed by atoms with van der Waals surface area (Å²) in [5, 5.41) is 15.3. The van der Waals surface area contributed by atoms with Crippen LogP contribution in [-0.2, 0) is 14.3 Å². The molecule has 1 heterocycles. The Balaban J connectivity index is 1.87. The van der Waals surface area contributed by atoms with E-state index in [0.717, 1.165) is 19.3 Å². The summed E-state index contributed by atoms with van der Waals surface area (Å²) in [6, 6.07) is -0.358. The van der Waals surface area contributed by atoms with Gasteiger partial charge in [0.15, 0.2) is 0 Å². The molecule has 108 valence electrons. The van der Waals surface area contributed by atoms with Crippen LogP contribution in [0, 0.1) is 5.41 Å². The van der Waals surface area contributed by atoms with Gasteiger partial charge < -0.3 is 20.5 Å². The molecule has 1 aliphatic carbocycles. The van der Waals surface area contributed by atoms with Gasteiger partial charge in [-0.2, -0.15) is 0 Å². The molecule has 19 heavy (non-hydrogen) atoms. The van der Waals surface area contributed by atoms with Crippen LogP contribution in [0.1, 0.15) is 32.1 Å². The summed E-state index contributed by atoms with van der Waals surface area (Å²) in [5.74, 6) is -0.953. The van der Waals surface area contributed by atoms with Crippen molar-refractivity contribution in [2.45, 2.75) is 38.1 Å². The second kappa shape index (κ2) is 6.34. The van der Waals surface area contributed by atoms with E-state index in [0.29, 0.717) is 32.6 Å². The highest BCUT2D eigenvalue weighted by Crippen LogP contribution is 2.35. The van der Waals surface area contributed by atoms with Gasteiger partial charge in [-0.15, -0.1) is 0 Å². The molecule has 0 aromatic heterocycles. The largest absolute Gasteiger partial charge is 0.481 e. The molecule has 2 rings (SSSR count). The summed E-state index contributed by atoms with van der Waals surface area (Å²) >= 11 is 0. The number of hydrogen-bond acceptors (Lipinski definition) is 4. The average molecular weight is 270 g/mol. The molecule has 6 heteroatoms. The summed E-state index contributed by atoms with van der Waals surface area (Å²) in [6.45, 7) is 1.84. The van der Waals surface area contributed by atoms with Crippen LogP contribution >= 0.6 is 0 Å². The lowest BCUT2D eigenvalue weighted by Crippen LogP contribution is -2.54. The molecule has 6 nitrogen and oxygen atoms in total. The van der Waals surface area contributed by atoms with E-state index in [1.807, 2.05) is 0 Å². The van der Waals surface area contributed by atoms with Gasteiger partial charge in [0.05, 0.1) is 18.6 Å². The summed E-state index contributed by atoms with van der Waals surface area (Å²) in [5.41, 5.74) is -0.774. The number of aliphatic carboxylic acids is 1. The normalized spacial score (nSPS) is 26.6. The molecule has 2 aliphatic rings. The number of carboxylic acids is 1. The Kier molecular flexibility index (Phi) is 4.76. The van der Waals surface area contributed by atoms with Crippen LogP contribution in [0.4, 0.5) is 0 Å². The maximum atomic E-state index is 12.0. The van der Waals surface area contributed by atoms with Crippen LogP contribution in [0.3, 0.4) is 0 Å². The second-order valence-corrected chi connectivity index (χ2v) is 5.45. The van der Waals surface area contributed by atoms with Gasteiger partial charge in [0.25, 0.3) is 0 Å². The van der Waals surface area contributed by atoms with E-state index < -0.39 is 11.4 Å². The second-order valence-electron chi connectivity index (χ2n) is 5.45. The minimum atomic E-state index is -0.791. The molecule has 1 aliphatic heterocycles. The number of ether oxygens (including phenoxy) is 1. The first kappa shape index (κ1) is 14.3. The highest BCUT2D eigenvalue weighted by molar-refractivity contribution is 5.83. The third-order valence-corrected chi connectivity index (χ3v) is 4.10. The van der Waals surface area contributed by atoms with Gasteiger partial charge in [-0.1, -0.05) is 19.3 Å². The van der Waals surface area contributed by atoms with Crippen LogP contribution < -0.4 is 10.6 Å². The molecular formula is C13H22N2O4. The van der Waals surface area contributed by atoms with E-state index in [-0.39, 0.29) is 18.5 Å². The van der Waals surface area contributed by atoms with Crippen molar-refractivity contribution in [3.05, 3.63) is 0 Å². The zero-order valence-electron chi connectivity index (χ0n) is 11.1. The first-order valence-electron chi connectivity index (χ1n) is 6.96. The zero-order chi connectivity index (χ0) is 13.7. The number of rotatable bonds is 4. The number of hydrogen-bond donors (Lipinski definition) is 3. The molecule has 0 aromatic rings. The third kappa shape index (κ3) is 3.45. The first-order chi connectivity index (χ1) is 9.14. The summed E-state index contributed by atoms with van der Waals surface area (Å²) < 4.78 is 5.23. The Bertz CT molecular complexity index is 334. The van der Waals surface area contributed by atoms with Crippen LogP contribution in [0.25, 0.3) is 0 Å². The Labute approximate surface area is 112 Å². The topological polar surface area (TPSA) is 87.7 Å². The predicted octanol–water partition coefficient (Wildman–Crippen LogP) is 0.126. The van der Waals surface area contributed by atoms with E-state index in [4.69, 9.17) is 4.74 Å². The van der Waals surface area contributed by atoms with Crippen LogP contribution in [0.5, 0.6) is 0 Å². The van der Waals surface area contributed by atoms with Crippen molar-refractivity contribution in [1.29, 1.82) is 0 Å². The molecule has 1 amide bonds. The lowest BCUT2D eigenvalue weighted by molar-refractivity contribution is -0.151. The zero-order valence-corrected chi connectivity index (χ0v) is 11.1. The van der Waals surface area contributed by atoms with Crippen molar-refractivity contribution in [3.8, 4) is 0 Å². The van der Waals surface area contributed by atoms with E-state index >= 15 is 0 Å². The fourth-order valence-electron chi connectivity index (χ4n) is 2.81. The van der Waals surface area contributed by atoms with Crippen molar-refractivity contribution in [3.63, 3.8) is 0 Å². The number of nitrogens with one attached hydrogen (secondary N) is 2. The van der Waals surface area contributed by atoms with Crippen molar-refractivity contribution in [1.82, 2.24) is 10.6 Å². The highest BCUT2D eigenvalue weighted by atomic mass is 16.5. The minimum absolute atomic E-state index is 0.161. The van der Waals surface area contributed by atoms with E-state index in [1.54, 1.807) is 0 Å². The number of morpholine rings is 1. The fourth-order valence-corrected chi connectivity index (χ4v) is 2.81. The number of amides is 1. The van der Waals surface area contributed by atoms with Crippen molar-refractivity contribution in [2.24, 2.45) is 5.41 Å². The van der Waals surface area contributed by atoms with Crippen LogP contribution in [0.15, 0.2) is 0 Å². The van der Waals surface area contributed by atoms with E-state index in [9.17, 15) is 14.7 Å². The molecule has 1 atom stereocenters. The summed E-state index contributed by atoms with van der Waals surface area (Å²) in [7, 11) is 0. The van der Waals surface area contributed by atoms with Gasteiger partial charge in [0, 0.05) is 13.1 Å². The molecule has 0 aromatic carbocycles. The molecule has 0 radical (unpaired) electrons. The monoisotopic (exact) mass is 270 g/mol. The first-order valence-corrected chi connectivity index (χ1v) is 6.96. The van der Waals surface area contributed by atoms with E-state index in [2.05, 4.69) is 10.6 Å². The standard InChI is InChI=1S/C13H22N2O4/c16-11(10-8-19-7-6-14-10)15-9-13(12(17)18)4-2-1-3-5-13/h10,14H,1-9H2,(H,15,16)(H,17,18). The predicted molar refractivity (Wildman–Crippen MR) is 68.8 cm³/mol. The molecule has 2 fully saturated rings. The van der Waals surface area contributed by atoms with Gasteiger partial charge in [-0.05, 0) is 12.8 Å². The Morgan fingerprint density at radius 1 is 1.32 bits per heavy atom. The lowest BCUT2D eigenvalue weighted by Gasteiger charge is -2.34. The van der Waals surface area contributed by atoms with Gasteiger partial charge in [-0.3, -0.25) is 9.59 Å². The Morgan fingerprint density at radius 2 is 2.05 bits per heavy atom. The molecule has 0 spiro atoms. The fraction of sp³-hybridized carbons (Fsp3) is 0.846. The van der Waals surface area contributed by atoms with Gasteiger partial charge in [0.2, 0.25) is 5.91 Å². The maximum absolute atomic E-state index is 12.0. The van der Waals surface area contributed by atoms with E-state index in [1.165, 1.54) is 0 Å². The molecule has 1 unspecified atom stereocenters. The summed E-state index contributed by atoms with van der Waals surface area (Å²) in [6.07, 6.45) is 4.23. The van der Waals surface area contributed by atoms with Crippen molar-refractivity contribution < 1.29 is 19.4 Å². The van der Waals surface area contributed by atoms with Crippen molar-refractivity contribution >= 4 is 11.9 Å². The molecule has 3 N–H and O–H groups in total. The third-order valence-electron chi connectivity index (χ3n) is 4.10. The van der Waals surface area contributed by atoms with Gasteiger partial charge in [-0.25, -0.2) is 0 Å². The van der Waals surface area contributed by atoms with Gasteiger partial charge >= 0.3 is 5.97 Å². The molecule has 0 bridgehead atoms. The minimum Gasteiger partial charge on any atom is -0.481 e. The number of carbonyl (C=O) groups excluding carboxylic acids is 1. The molecular weight excluding hydrogens is 248 g/mol.